The summed E-state index contributed by atoms with van der Waals surface area (Å²) < 4.78 is 0. The van der Waals surface area contributed by atoms with Crippen LogP contribution in [-0.4, -0.2) is 66.5 Å². The smallest absolute Gasteiger partial charge is 0.252 e. The van der Waals surface area contributed by atoms with Gasteiger partial charge in [-0.25, -0.2) is 4.98 Å². The van der Waals surface area contributed by atoms with E-state index in [1.165, 1.54) is 5.39 Å². The fraction of sp³-hybridized carbons (Fsp3) is 0.310. The molecular weight excluding hydrogens is 420 g/mol. The molecule has 0 unspecified atom stereocenters. The van der Waals surface area contributed by atoms with Crippen LogP contribution in [-0.2, 0) is 0 Å². The molecule has 174 valence electrons. The average molecular weight is 453 g/mol. The number of pyridine rings is 1. The molecule has 0 saturated carbocycles. The van der Waals surface area contributed by atoms with Crippen molar-refractivity contribution < 1.29 is 4.79 Å². The highest BCUT2D eigenvalue weighted by Gasteiger charge is 2.17. The Hall–Kier alpha value is -3.28. The third-order valence-electron chi connectivity index (χ3n) is 6.88. The number of hydrogen-bond donors (Lipinski definition) is 1. The highest BCUT2D eigenvalue weighted by atomic mass is 16.1. The van der Waals surface area contributed by atoms with Crippen LogP contribution in [0.15, 0.2) is 72.8 Å². The molecular formula is C29H32N4O. The fourth-order valence-corrected chi connectivity index (χ4v) is 4.88. The van der Waals surface area contributed by atoms with E-state index in [0.717, 1.165) is 73.2 Å². The van der Waals surface area contributed by atoms with Gasteiger partial charge in [-0.15, -0.1) is 0 Å². The summed E-state index contributed by atoms with van der Waals surface area (Å²) in [6.07, 6.45) is 0.955. The number of piperazine rings is 1. The van der Waals surface area contributed by atoms with Gasteiger partial charge < -0.3 is 15.1 Å². The Morgan fingerprint density at radius 2 is 1.59 bits per heavy atom. The fourth-order valence-electron chi connectivity index (χ4n) is 4.88. The lowest BCUT2D eigenvalue weighted by molar-refractivity contribution is 0.0950. The van der Waals surface area contributed by atoms with Gasteiger partial charge in [0.25, 0.3) is 5.91 Å². The van der Waals surface area contributed by atoms with Gasteiger partial charge >= 0.3 is 0 Å². The number of benzene rings is 3. The van der Waals surface area contributed by atoms with E-state index in [0.29, 0.717) is 12.1 Å². The van der Waals surface area contributed by atoms with Crippen molar-refractivity contribution in [3.05, 3.63) is 78.4 Å². The predicted molar refractivity (Wildman–Crippen MR) is 140 cm³/mol. The van der Waals surface area contributed by atoms with E-state index in [-0.39, 0.29) is 5.91 Å². The van der Waals surface area contributed by atoms with Crippen molar-refractivity contribution >= 4 is 27.6 Å². The topological polar surface area (TPSA) is 48.5 Å². The number of fused-ring (bicyclic) bond motifs is 2. The second kappa shape index (κ2) is 10.3. The first-order valence-electron chi connectivity index (χ1n) is 12.3. The number of aromatic nitrogens is 1. The van der Waals surface area contributed by atoms with E-state index in [1.54, 1.807) is 0 Å². The van der Waals surface area contributed by atoms with Gasteiger partial charge in [0.15, 0.2) is 0 Å². The minimum absolute atomic E-state index is 0.0316. The molecule has 0 spiro atoms. The summed E-state index contributed by atoms with van der Waals surface area (Å²) in [7, 11) is 0. The van der Waals surface area contributed by atoms with E-state index in [9.17, 15) is 4.79 Å². The molecule has 4 aromatic rings. The number of rotatable bonds is 7. The summed E-state index contributed by atoms with van der Waals surface area (Å²) in [5.41, 5.74) is 3.40. The van der Waals surface area contributed by atoms with Crippen LogP contribution in [0.5, 0.6) is 0 Å². The van der Waals surface area contributed by atoms with Crippen LogP contribution in [0.1, 0.15) is 23.7 Å². The highest BCUT2D eigenvalue weighted by molar-refractivity contribution is 6.08. The number of carbonyl (C=O) groups is 1. The quantitative estimate of drug-likeness (QED) is 0.409. The van der Waals surface area contributed by atoms with Crippen LogP contribution in [0.25, 0.3) is 32.9 Å². The maximum absolute atomic E-state index is 13.3. The summed E-state index contributed by atoms with van der Waals surface area (Å²) in [4.78, 5) is 23.2. The van der Waals surface area contributed by atoms with Crippen LogP contribution in [0.2, 0.25) is 0 Å². The average Bonchev–Trinajstić information content (AvgIpc) is 2.90. The van der Waals surface area contributed by atoms with E-state index in [1.807, 2.05) is 42.5 Å². The summed E-state index contributed by atoms with van der Waals surface area (Å²) in [5, 5.41) is 6.36. The van der Waals surface area contributed by atoms with Crippen LogP contribution in [0, 0.1) is 0 Å². The van der Waals surface area contributed by atoms with Gasteiger partial charge in [0.05, 0.1) is 16.8 Å². The maximum atomic E-state index is 13.3. The minimum atomic E-state index is -0.0316. The third kappa shape index (κ3) is 4.81. The van der Waals surface area contributed by atoms with Gasteiger partial charge in [-0.05, 0) is 42.4 Å². The van der Waals surface area contributed by atoms with Crippen molar-refractivity contribution in [1.29, 1.82) is 0 Å². The molecule has 1 aliphatic rings. The van der Waals surface area contributed by atoms with Crippen molar-refractivity contribution in [2.45, 2.75) is 13.3 Å². The molecule has 3 aromatic carbocycles. The van der Waals surface area contributed by atoms with Gasteiger partial charge in [0.1, 0.15) is 0 Å². The summed E-state index contributed by atoms with van der Waals surface area (Å²) in [6, 6.07) is 24.4. The van der Waals surface area contributed by atoms with Crippen molar-refractivity contribution in [2.75, 3.05) is 45.8 Å². The van der Waals surface area contributed by atoms with Crippen molar-refractivity contribution in [1.82, 2.24) is 20.1 Å². The molecule has 0 radical (unpaired) electrons. The summed E-state index contributed by atoms with van der Waals surface area (Å²) in [5.74, 6) is -0.0316. The van der Waals surface area contributed by atoms with Gasteiger partial charge in [-0.3, -0.25) is 4.79 Å². The maximum Gasteiger partial charge on any atom is 0.252 e. The molecule has 1 fully saturated rings. The number of nitrogens with one attached hydrogen (secondary N) is 1. The summed E-state index contributed by atoms with van der Waals surface area (Å²) >= 11 is 0. The zero-order chi connectivity index (χ0) is 23.3. The van der Waals surface area contributed by atoms with Crippen LogP contribution in [0.4, 0.5) is 0 Å². The van der Waals surface area contributed by atoms with Gasteiger partial charge in [0, 0.05) is 43.7 Å². The molecule has 0 aliphatic carbocycles. The third-order valence-corrected chi connectivity index (χ3v) is 6.88. The molecule has 5 rings (SSSR count). The molecule has 5 heteroatoms. The van der Waals surface area contributed by atoms with Crippen LogP contribution in [0.3, 0.4) is 0 Å². The first kappa shape index (κ1) is 22.5. The lowest BCUT2D eigenvalue weighted by Crippen LogP contribution is -2.46. The normalized spacial score (nSPS) is 15.1. The van der Waals surface area contributed by atoms with Crippen LogP contribution < -0.4 is 5.32 Å². The van der Waals surface area contributed by atoms with Gasteiger partial charge in [-0.1, -0.05) is 67.6 Å². The largest absolute Gasteiger partial charge is 0.352 e. The number of amides is 1. The van der Waals surface area contributed by atoms with Gasteiger partial charge in [-0.2, -0.15) is 0 Å². The molecule has 0 bridgehead atoms. The number of likely N-dealkylation sites (N-methyl/N-ethyl adjacent to an activating group) is 1. The minimum Gasteiger partial charge on any atom is -0.352 e. The zero-order valence-electron chi connectivity index (χ0n) is 19.8. The zero-order valence-corrected chi connectivity index (χ0v) is 19.8. The Bertz CT molecular complexity index is 1290. The van der Waals surface area contributed by atoms with Crippen molar-refractivity contribution in [3.8, 4) is 11.3 Å². The molecule has 1 aromatic heterocycles. The first-order chi connectivity index (χ1) is 16.7. The number of nitrogens with zero attached hydrogens (tertiary/aromatic N) is 3. The van der Waals surface area contributed by atoms with Crippen LogP contribution >= 0.6 is 0 Å². The molecule has 5 nitrogen and oxygen atoms in total. The lowest BCUT2D eigenvalue weighted by Gasteiger charge is -2.33. The molecule has 1 saturated heterocycles. The highest BCUT2D eigenvalue weighted by Crippen LogP contribution is 2.30. The standard InChI is InChI=1S/C29H32N4O/c1-2-32-17-19-33(20-18-32)16-8-15-30-29(34)26-21-28(31-27-14-6-5-12-25(26)27)24-13-7-10-22-9-3-4-11-23(22)24/h3-7,9-14,21H,2,8,15-20H2,1H3,(H,30,34). The molecule has 1 amide bonds. The molecule has 1 aliphatic heterocycles. The Kier molecular flexibility index (Phi) is 6.84. The monoisotopic (exact) mass is 452 g/mol. The Morgan fingerprint density at radius 1 is 0.882 bits per heavy atom. The molecule has 0 atom stereocenters. The molecule has 2 heterocycles. The molecule has 1 N–H and O–H groups in total. The number of carbonyl (C=O) groups excluding carboxylic acids is 1. The second-order valence-electron chi connectivity index (χ2n) is 8.98. The predicted octanol–water partition coefficient (Wildman–Crippen LogP) is 4.81. The van der Waals surface area contributed by atoms with Gasteiger partial charge in [0.2, 0.25) is 0 Å². The Balaban J connectivity index is 1.34. The summed E-state index contributed by atoms with van der Waals surface area (Å²) in [6.45, 7) is 9.56. The molecule has 34 heavy (non-hydrogen) atoms. The van der Waals surface area contributed by atoms with Crippen molar-refractivity contribution in [2.24, 2.45) is 0 Å². The Morgan fingerprint density at radius 3 is 2.41 bits per heavy atom. The first-order valence-corrected chi connectivity index (χ1v) is 12.3. The number of hydrogen-bond acceptors (Lipinski definition) is 4. The van der Waals surface area contributed by atoms with E-state index >= 15 is 0 Å². The van der Waals surface area contributed by atoms with Crippen molar-refractivity contribution in [3.63, 3.8) is 0 Å². The van der Waals surface area contributed by atoms with E-state index < -0.39 is 0 Å². The second-order valence-corrected chi connectivity index (χ2v) is 8.98. The SMILES string of the molecule is CCN1CCN(CCCNC(=O)c2cc(-c3cccc4ccccc34)nc3ccccc23)CC1. The van der Waals surface area contributed by atoms with E-state index in [4.69, 9.17) is 4.98 Å². The van der Waals surface area contributed by atoms with E-state index in [2.05, 4.69) is 52.4 Å². The lowest BCUT2D eigenvalue weighted by atomic mass is 9.99. The Labute approximate surface area is 201 Å². The number of para-hydroxylation sites is 1.